The first kappa shape index (κ1) is 17.8. The second-order valence-corrected chi connectivity index (χ2v) is 7.00. The van der Waals surface area contributed by atoms with Crippen molar-refractivity contribution in [2.75, 3.05) is 44.3 Å². The normalized spacial score (nSPS) is 19.9. The molecular weight excluding hydrogens is 342 g/mol. The maximum Gasteiger partial charge on any atom is 0.274 e. The average Bonchev–Trinajstić information content (AvgIpc) is 3.27. The summed E-state index contributed by atoms with van der Waals surface area (Å²) in [6.07, 6.45) is 4.29. The van der Waals surface area contributed by atoms with Crippen LogP contribution in [0.25, 0.3) is 0 Å². The van der Waals surface area contributed by atoms with E-state index in [1.54, 1.807) is 0 Å². The molecule has 2 aliphatic heterocycles. The lowest BCUT2D eigenvalue weighted by atomic mass is 10.1. The summed E-state index contributed by atoms with van der Waals surface area (Å²) < 4.78 is 11.3. The minimum absolute atomic E-state index is 0.0809. The summed E-state index contributed by atoms with van der Waals surface area (Å²) >= 11 is 0. The van der Waals surface area contributed by atoms with E-state index < -0.39 is 0 Å². The van der Waals surface area contributed by atoms with Gasteiger partial charge in [-0.15, -0.1) is 0 Å². The standard InChI is InChI=1S/C21H25N3O3/c25-21(24-13-11-23(12-14-24)20-5-1-2-10-22-20)17-6-8-18(9-7-17)27-16-19-4-3-15-26-19/h1-2,5-10,19H,3-4,11-16H2/p+1/t19-/m1/s1. The maximum atomic E-state index is 12.8. The van der Waals surface area contributed by atoms with Crippen LogP contribution in [0.1, 0.15) is 23.2 Å². The Kier molecular flexibility index (Phi) is 5.53. The van der Waals surface area contributed by atoms with Gasteiger partial charge in [-0.1, -0.05) is 6.07 Å². The van der Waals surface area contributed by atoms with Gasteiger partial charge in [-0.3, -0.25) is 9.69 Å². The van der Waals surface area contributed by atoms with E-state index in [-0.39, 0.29) is 12.0 Å². The number of carbonyl (C=O) groups excluding carboxylic acids is 1. The van der Waals surface area contributed by atoms with Crippen LogP contribution in [0.2, 0.25) is 0 Å². The molecule has 0 radical (unpaired) electrons. The van der Waals surface area contributed by atoms with Gasteiger partial charge < -0.3 is 14.4 Å². The first-order chi connectivity index (χ1) is 13.3. The lowest BCUT2D eigenvalue weighted by molar-refractivity contribution is -0.364. The molecule has 1 atom stereocenters. The van der Waals surface area contributed by atoms with Gasteiger partial charge in [0.2, 0.25) is 0 Å². The Labute approximate surface area is 159 Å². The first-order valence-electron chi connectivity index (χ1n) is 9.65. The predicted octanol–water partition coefficient (Wildman–Crippen LogP) is 2.02. The molecule has 0 unspecified atom stereocenters. The molecule has 1 aromatic carbocycles. The smallest absolute Gasteiger partial charge is 0.274 e. The van der Waals surface area contributed by atoms with Gasteiger partial charge in [0.1, 0.15) is 25.4 Å². The van der Waals surface area contributed by atoms with Crippen molar-refractivity contribution < 1.29 is 19.3 Å². The van der Waals surface area contributed by atoms with Gasteiger partial charge in [0.05, 0.1) is 25.4 Å². The number of benzene rings is 1. The molecule has 0 bridgehead atoms. The molecular formula is C21H26N3O3+. The number of pyridine rings is 1. The Morgan fingerprint density at radius 2 is 1.93 bits per heavy atom. The second kappa shape index (κ2) is 8.39. The van der Waals surface area contributed by atoms with Crippen molar-refractivity contribution in [3.05, 3.63) is 54.2 Å². The molecule has 6 nitrogen and oxygen atoms in total. The fraction of sp³-hybridized carbons (Fsp3) is 0.429. The molecule has 142 valence electrons. The minimum Gasteiger partial charge on any atom is -0.491 e. The number of ether oxygens (including phenoxy) is 2. The number of anilines is 1. The summed E-state index contributed by atoms with van der Waals surface area (Å²) in [6.45, 7) is 4.50. The fourth-order valence-electron chi connectivity index (χ4n) is 3.57. The van der Waals surface area contributed by atoms with E-state index in [1.807, 2.05) is 47.5 Å². The number of carbonyl (C=O) groups is 1. The average molecular weight is 368 g/mol. The summed E-state index contributed by atoms with van der Waals surface area (Å²) in [5.74, 6) is 1.96. The van der Waals surface area contributed by atoms with Crippen molar-refractivity contribution in [3.8, 4) is 5.75 Å². The Morgan fingerprint density at radius 3 is 2.59 bits per heavy atom. The SMILES string of the molecule is O=C(c1ccc(OC[C@H]2CCCO2)cc1)N1CCN(c2cccc[nH+]2)CC1. The van der Waals surface area contributed by atoms with Gasteiger partial charge in [0, 0.05) is 18.2 Å². The van der Waals surface area contributed by atoms with Crippen LogP contribution in [0.5, 0.6) is 5.75 Å². The summed E-state index contributed by atoms with van der Waals surface area (Å²) in [4.78, 5) is 20.2. The number of rotatable bonds is 5. The number of nitrogens with zero attached hydrogens (tertiary/aromatic N) is 2. The third-order valence-electron chi connectivity index (χ3n) is 5.16. The number of H-pyrrole nitrogens is 1. The van der Waals surface area contributed by atoms with Gasteiger partial charge in [-0.2, -0.15) is 0 Å². The van der Waals surface area contributed by atoms with E-state index >= 15 is 0 Å². The molecule has 0 aliphatic carbocycles. The monoisotopic (exact) mass is 368 g/mol. The third kappa shape index (κ3) is 4.39. The van der Waals surface area contributed by atoms with Crippen LogP contribution in [0.3, 0.4) is 0 Å². The third-order valence-corrected chi connectivity index (χ3v) is 5.16. The lowest BCUT2D eigenvalue weighted by Gasteiger charge is -2.31. The van der Waals surface area contributed by atoms with E-state index in [1.165, 1.54) is 0 Å². The Balaban J connectivity index is 1.29. The molecule has 1 N–H and O–H groups in total. The lowest BCUT2D eigenvalue weighted by Crippen LogP contribution is -2.50. The summed E-state index contributed by atoms with van der Waals surface area (Å²) in [5.41, 5.74) is 0.708. The molecule has 4 rings (SSSR count). The molecule has 0 spiro atoms. The zero-order valence-electron chi connectivity index (χ0n) is 15.5. The zero-order chi connectivity index (χ0) is 18.5. The quantitative estimate of drug-likeness (QED) is 0.810. The van der Waals surface area contributed by atoms with Crippen molar-refractivity contribution >= 4 is 11.7 Å². The molecule has 27 heavy (non-hydrogen) atoms. The number of aromatic amines is 1. The molecule has 3 heterocycles. The summed E-state index contributed by atoms with van der Waals surface area (Å²) in [7, 11) is 0. The van der Waals surface area contributed by atoms with Crippen molar-refractivity contribution in [1.29, 1.82) is 0 Å². The van der Waals surface area contributed by atoms with Crippen molar-refractivity contribution in [2.45, 2.75) is 18.9 Å². The second-order valence-electron chi connectivity index (χ2n) is 7.00. The van der Waals surface area contributed by atoms with Crippen LogP contribution in [0.15, 0.2) is 48.7 Å². The molecule has 2 aromatic rings. The van der Waals surface area contributed by atoms with Crippen molar-refractivity contribution in [2.24, 2.45) is 0 Å². The number of hydrogen-bond acceptors (Lipinski definition) is 4. The van der Waals surface area contributed by atoms with Crippen LogP contribution in [0.4, 0.5) is 5.82 Å². The summed E-state index contributed by atoms with van der Waals surface area (Å²) in [5, 5.41) is 0. The number of aromatic nitrogens is 1. The van der Waals surface area contributed by atoms with E-state index in [2.05, 4.69) is 16.0 Å². The molecule has 1 amide bonds. The van der Waals surface area contributed by atoms with Crippen molar-refractivity contribution in [1.82, 2.24) is 4.90 Å². The topological polar surface area (TPSA) is 56.2 Å². The Morgan fingerprint density at radius 1 is 1.11 bits per heavy atom. The van der Waals surface area contributed by atoms with Crippen LogP contribution in [0, 0.1) is 0 Å². The number of hydrogen-bond donors (Lipinski definition) is 0. The fourth-order valence-corrected chi connectivity index (χ4v) is 3.57. The maximum absolute atomic E-state index is 12.8. The van der Waals surface area contributed by atoms with E-state index in [9.17, 15) is 4.79 Å². The van der Waals surface area contributed by atoms with Crippen LogP contribution in [-0.4, -0.2) is 56.3 Å². The molecule has 2 saturated heterocycles. The van der Waals surface area contributed by atoms with Gasteiger partial charge in [-0.25, -0.2) is 4.98 Å². The highest BCUT2D eigenvalue weighted by atomic mass is 16.5. The van der Waals surface area contributed by atoms with E-state index in [4.69, 9.17) is 9.47 Å². The highest BCUT2D eigenvalue weighted by molar-refractivity contribution is 5.94. The largest absolute Gasteiger partial charge is 0.491 e. The van der Waals surface area contributed by atoms with Crippen molar-refractivity contribution in [3.63, 3.8) is 0 Å². The molecule has 1 aromatic heterocycles. The Hall–Kier alpha value is -2.60. The van der Waals surface area contributed by atoms with Crippen LogP contribution < -0.4 is 14.6 Å². The van der Waals surface area contributed by atoms with Gasteiger partial charge in [0.15, 0.2) is 0 Å². The first-order valence-corrected chi connectivity index (χ1v) is 9.65. The van der Waals surface area contributed by atoms with Gasteiger partial charge in [0.25, 0.3) is 11.7 Å². The highest BCUT2D eigenvalue weighted by Crippen LogP contribution is 2.18. The van der Waals surface area contributed by atoms with E-state index in [0.717, 1.165) is 57.2 Å². The number of piperazine rings is 1. The van der Waals surface area contributed by atoms with Gasteiger partial charge >= 0.3 is 0 Å². The van der Waals surface area contributed by atoms with Gasteiger partial charge in [-0.05, 0) is 43.2 Å². The number of amides is 1. The molecule has 6 heteroatoms. The Bertz CT molecular complexity index is 737. The highest BCUT2D eigenvalue weighted by Gasteiger charge is 2.26. The predicted molar refractivity (Wildman–Crippen MR) is 102 cm³/mol. The minimum atomic E-state index is 0.0809. The number of nitrogens with one attached hydrogen (secondary N) is 1. The summed E-state index contributed by atoms with van der Waals surface area (Å²) in [6, 6.07) is 13.5. The molecule has 0 saturated carbocycles. The zero-order valence-corrected chi connectivity index (χ0v) is 15.5. The van der Waals surface area contributed by atoms with E-state index in [0.29, 0.717) is 12.2 Å². The molecule has 2 aliphatic rings. The van der Waals surface area contributed by atoms with Crippen LogP contribution in [-0.2, 0) is 4.74 Å². The molecule has 2 fully saturated rings. The van der Waals surface area contributed by atoms with Crippen LogP contribution >= 0.6 is 0 Å².